The van der Waals surface area contributed by atoms with Gasteiger partial charge in [-0.3, -0.25) is 4.79 Å². The molecule has 0 spiro atoms. The summed E-state index contributed by atoms with van der Waals surface area (Å²) in [5.41, 5.74) is 0.437. The van der Waals surface area contributed by atoms with Gasteiger partial charge < -0.3 is 18.6 Å². The van der Waals surface area contributed by atoms with Gasteiger partial charge in [-0.1, -0.05) is 6.58 Å². The Balaban J connectivity index is 3.83. The van der Waals surface area contributed by atoms with E-state index >= 15 is 0 Å². The fourth-order valence-electron chi connectivity index (χ4n) is 0.585. The minimum absolute atomic E-state index is 0.0656. The van der Waals surface area contributed by atoms with Gasteiger partial charge in [-0.15, -0.1) is 0 Å². The molecule has 1 N–H and O–H groups in total. The van der Waals surface area contributed by atoms with Gasteiger partial charge in [-0.25, -0.2) is 0 Å². The van der Waals surface area contributed by atoms with Crippen LogP contribution in [0.3, 0.4) is 0 Å². The lowest BCUT2D eigenvalue weighted by Gasteiger charge is -2.22. The van der Waals surface area contributed by atoms with Crippen molar-refractivity contribution in [3.8, 4) is 0 Å². The van der Waals surface area contributed by atoms with Crippen molar-refractivity contribution in [2.75, 3.05) is 21.0 Å². The van der Waals surface area contributed by atoms with E-state index in [-0.39, 0.29) is 12.6 Å². The van der Waals surface area contributed by atoms with E-state index in [0.29, 0.717) is 5.57 Å². The van der Waals surface area contributed by atoms with Crippen LogP contribution in [0.25, 0.3) is 0 Å². The maximum absolute atomic E-state index is 11.0. The summed E-state index contributed by atoms with van der Waals surface area (Å²) >= 11 is 0. The molecule has 6 heteroatoms. The van der Waals surface area contributed by atoms with Crippen LogP contribution in [0.2, 0.25) is 6.55 Å². The van der Waals surface area contributed by atoms with Crippen molar-refractivity contribution in [3.05, 3.63) is 12.2 Å². The first kappa shape index (κ1) is 13.3. The summed E-state index contributed by atoms with van der Waals surface area (Å²) in [6.45, 7) is 6.92. The van der Waals surface area contributed by atoms with Crippen LogP contribution in [0.4, 0.5) is 0 Å². The van der Waals surface area contributed by atoms with E-state index < -0.39 is 8.80 Å². The Kier molecular flexibility index (Phi) is 5.62. The van der Waals surface area contributed by atoms with Gasteiger partial charge in [0.05, 0.1) is 0 Å². The van der Waals surface area contributed by atoms with E-state index in [4.69, 9.17) is 13.3 Å². The fourth-order valence-corrected chi connectivity index (χ4v) is 1.32. The topological polar surface area (TPSA) is 56.8 Å². The summed E-state index contributed by atoms with van der Waals surface area (Å²) in [5.74, 6) is -0.242. The predicted molar refractivity (Wildman–Crippen MR) is 54.5 cm³/mol. The lowest BCUT2D eigenvalue weighted by molar-refractivity contribution is -0.118. The third kappa shape index (κ3) is 4.52. The summed E-state index contributed by atoms with van der Waals surface area (Å²) in [5, 5.41) is 2.52. The van der Waals surface area contributed by atoms with E-state index in [0.717, 1.165) is 0 Å². The molecule has 0 saturated heterocycles. The molecule has 0 heterocycles. The van der Waals surface area contributed by atoms with Crippen LogP contribution in [0.15, 0.2) is 12.2 Å². The summed E-state index contributed by atoms with van der Waals surface area (Å²) in [6.07, 6.45) is 0. The second kappa shape index (κ2) is 5.92. The van der Waals surface area contributed by atoms with Gasteiger partial charge in [-0.05, 0) is 6.92 Å². The average Bonchev–Trinajstić information content (AvgIpc) is 2.17. The van der Waals surface area contributed by atoms with E-state index in [1.807, 2.05) is 0 Å². The van der Waals surface area contributed by atoms with Gasteiger partial charge in [0.15, 0.2) is 0 Å². The molecule has 0 aromatic rings. The highest BCUT2D eigenvalue weighted by atomic mass is 28.4. The van der Waals surface area contributed by atoms with Crippen molar-refractivity contribution in [1.29, 1.82) is 0 Å². The van der Waals surface area contributed by atoms with Gasteiger partial charge in [0.25, 0.3) is 0 Å². The lowest BCUT2D eigenvalue weighted by Crippen LogP contribution is -2.43. The number of rotatable bonds is 6. The summed E-state index contributed by atoms with van der Waals surface area (Å²) in [4.78, 5) is 11.0. The summed E-state index contributed by atoms with van der Waals surface area (Å²) in [6, 6.07) is 0. The van der Waals surface area contributed by atoms with Crippen molar-refractivity contribution in [3.63, 3.8) is 0 Å². The van der Waals surface area contributed by atoms with Crippen LogP contribution in [-0.2, 0) is 18.1 Å². The highest BCUT2D eigenvalue weighted by molar-refractivity contribution is 6.59. The molecule has 0 bridgehead atoms. The quantitative estimate of drug-likeness (QED) is 0.402. The molecule has 0 aromatic heterocycles. The zero-order valence-corrected chi connectivity index (χ0v) is 10.0. The van der Waals surface area contributed by atoms with Crippen molar-refractivity contribution in [2.45, 2.75) is 13.5 Å². The molecule has 0 unspecified atom stereocenters. The number of carbonyl (C=O) groups excluding carboxylic acids is 1. The van der Waals surface area contributed by atoms with Crippen molar-refractivity contribution < 1.29 is 18.1 Å². The van der Waals surface area contributed by atoms with E-state index in [1.54, 1.807) is 13.5 Å². The predicted octanol–water partition coefficient (Wildman–Crippen LogP) is 0.514. The average molecular weight is 219 g/mol. The highest BCUT2D eigenvalue weighted by Crippen LogP contribution is 2.04. The minimum atomic E-state index is -2.54. The molecule has 14 heavy (non-hydrogen) atoms. The first-order valence-electron chi connectivity index (χ1n) is 4.13. The molecule has 0 aliphatic rings. The number of carbonyl (C=O) groups is 1. The van der Waals surface area contributed by atoms with E-state index in [9.17, 15) is 4.79 Å². The Bertz CT molecular complexity index is 215. The molecule has 1 amide bonds. The lowest BCUT2D eigenvalue weighted by atomic mass is 10.3. The summed E-state index contributed by atoms with van der Waals surface area (Å²) in [7, 11) is 0.477. The van der Waals surface area contributed by atoms with Crippen molar-refractivity contribution in [1.82, 2.24) is 5.32 Å². The van der Waals surface area contributed by atoms with Crippen LogP contribution in [0.5, 0.6) is 0 Å². The number of hydrogen-bond acceptors (Lipinski definition) is 4. The van der Waals surface area contributed by atoms with Crippen LogP contribution in [0, 0.1) is 0 Å². The second-order valence-corrected chi connectivity index (χ2v) is 5.68. The van der Waals surface area contributed by atoms with Gasteiger partial charge in [-0.2, -0.15) is 0 Å². The normalized spacial score (nSPS) is 11.1. The smallest absolute Gasteiger partial charge is 0.377 e. The molecule has 0 aromatic carbocycles. The number of hydrogen-bond donors (Lipinski definition) is 1. The van der Waals surface area contributed by atoms with Crippen LogP contribution in [0.1, 0.15) is 6.92 Å². The van der Waals surface area contributed by atoms with Crippen LogP contribution >= 0.6 is 0 Å². The van der Waals surface area contributed by atoms with E-state index in [1.165, 1.54) is 14.2 Å². The molecule has 0 fully saturated rings. The van der Waals surface area contributed by atoms with Gasteiger partial charge in [0, 0.05) is 26.3 Å². The molecule has 0 saturated carbocycles. The molecule has 0 atom stereocenters. The number of nitrogens with one attached hydrogen (secondary N) is 1. The zero-order valence-electron chi connectivity index (χ0n) is 9.05. The third-order valence-corrected chi connectivity index (χ3v) is 3.85. The second-order valence-electron chi connectivity index (χ2n) is 2.85. The van der Waals surface area contributed by atoms with Gasteiger partial charge in [0.1, 0.15) is 6.73 Å². The molecular formula is C8H17NO4Si. The molecule has 5 nitrogen and oxygen atoms in total. The van der Waals surface area contributed by atoms with Crippen LogP contribution < -0.4 is 5.32 Å². The molecule has 0 aliphatic carbocycles. The third-order valence-electron chi connectivity index (χ3n) is 1.70. The number of amides is 1. The van der Waals surface area contributed by atoms with Crippen molar-refractivity contribution in [2.24, 2.45) is 0 Å². The molecule has 0 aliphatic heterocycles. The van der Waals surface area contributed by atoms with Gasteiger partial charge in [0.2, 0.25) is 5.91 Å². The van der Waals surface area contributed by atoms with Crippen LogP contribution in [-0.4, -0.2) is 35.7 Å². The Hall–Kier alpha value is -0.693. The zero-order chi connectivity index (χ0) is 11.2. The SMILES string of the molecule is C=C(C)C(=O)NCO[Si](C)(OC)OC. The standard InChI is InChI=1S/C8H17NO4Si/c1-7(2)8(10)9-6-13-14(5,11-3)12-4/h1,6H2,2-5H3,(H,9,10). The van der Waals surface area contributed by atoms with E-state index in [2.05, 4.69) is 11.9 Å². The Morgan fingerprint density at radius 2 is 1.93 bits per heavy atom. The minimum Gasteiger partial charge on any atom is -0.377 e. The Morgan fingerprint density at radius 3 is 2.29 bits per heavy atom. The Labute approximate surface area is 85.4 Å². The maximum Gasteiger partial charge on any atom is 0.498 e. The molecule has 0 radical (unpaired) electrons. The monoisotopic (exact) mass is 219 g/mol. The summed E-state index contributed by atoms with van der Waals surface area (Å²) < 4.78 is 15.4. The first-order valence-corrected chi connectivity index (χ1v) is 6.35. The molecule has 82 valence electrons. The van der Waals surface area contributed by atoms with Gasteiger partial charge >= 0.3 is 8.80 Å². The maximum atomic E-state index is 11.0. The first-order chi connectivity index (χ1) is 6.45. The fraction of sp³-hybridized carbons (Fsp3) is 0.625. The highest BCUT2D eigenvalue weighted by Gasteiger charge is 2.31. The molecule has 0 rings (SSSR count). The molecular weight excluding hydrogens is 202 g/mol. The largest absolute Gasteiger partial charge is 0.498 e. The van der Waals surface area contributed by atoms with Crippen molar-refractivity contribution >= 4 is 14.7 Å². The Morgan fingerprint density at radius 1 is 1.43 bits per heavy atom.